The summed E-state index contributed by atoms with van der Waals surface area (Å²) in [6, 6.07) is 1.59. The molecule has 1 aliphatic heterocycles. The third-order valence-electron chi connectivity index (χ3n) is 4.21. The lowest BCUT2D eigenvalue weighted by Crippen LogP contribution is -2.40. The first-order valence-corrected chi connectivity index (χ1v) is 7.26. The van der Waals surface area contributed by atoms with Crippen LogP contribution in [0.15, 0.2) is 6.07 Å². The van der Waals surface area contributed by atoms with Gasteiger partial charge in [0.05, 0.1) is 20.3 Å². The van der Waals surface area contributed by atoms with Crippen molar-refractivity contribution in [2.75, 3.05) is 34.4 Å². The number of nitrogens with zero attached hydrogens (tertiary/aromatic N) is 1. The predicted molar refractivity (Wildman–Crippen MR) is 82.1 cm³/mol. The molecule has 2 N–H and O–H groups in total. The van der Waals surface area contributed by atoms with Crippen LogP contribution in [0.3, 0.4) is 0 Å². The molecule has 2 rings (SSSR count). The van der Waals surface area contributed by atoms with E-state index in [0.29, 0.717) is 24.3 Å². The minimum absolute atomic E-state index is 0.129. The lowest BCUT2D eigenvalue weighted by molar-refractivity contribution is 0.0618. The van der Waals surface area contributed by atoms with Gasteiger partial charge in [0.1, 0.15) is 22.8 Å². The average Bonchev–Trinajstić information content (AvgIpc) is 2.46. The van der Waals surface area contributed by atoms with Gasteiger partial charge in [0, 0.05) is 24.1 Å². The Hall–Kier alpha value is -1.79. The van der Waals surface area contributed by atoms with Gasteiger partial charge in [0.2, 0.25) is 0 Å². The van der Waals surface area contributed by atoms with Gasteiger partial charge in [-0.2, -0.15) is 0 Å². The Labute approximate surface area is 130 Å². The van der Waals surface area contributed by atoms with Crippen molar-refractivity contribution in [3.8, 4) is 17.2 Å². The Balaban J connectivity index is 2.59. The topological polar surface area (TPSA) is 79.2 Å². The van der Waals surface area contributed by atoms with Crippen LogP contribution in [-0.2, 0) is 0 Å². The van der Waals surface area contributed by atoms with Crippen molar-refractivity contribution in [3.05, 3.63) is 17.2 Å². The number of piperidine rings is 1. The van der Waals surface area contributed by atoms with Gasteiger partial charge in [-0.25, -0.2) is 0 Å². The van der Waals surface area contributed by atoms with Crippen LogP contribution in [0.1, 0.15) is 35.2 Å². The maximum absolute atomic E-state index is 11.9. The summed E-state index contributed by atoms with van der Waals surface area (Å²) in [5.74, 6) is -0.0332. The van der Waals surface area contributed by atoms with Crippen LogP contribution >= 0.6 is 0 Å². The summed E-state index contributed by atoms with van der Waals surface area (Å²) in [7, 11) is 4.86. The standard InChI is InChI=1S/C16H23NO5/c1-9(18)14-12(21-3)7-13(22-4)15(16(14)20)10-5-6-17(2)8-11(10)19/h7,10-11,19-20H,5-6,8H2,1-4H3/t10-,11-/m0/s1. The highest BCUT2D eigenvalue weighted by molar-refractivity contribution is 6.00. The summed E-state index contributed by atoms with van der Waals surface area (Å²) in [4.78, 5) is 13.9. The first-order valence-electron chi connectivity index (χ1n) is 7.26. The molecule has 2 atom stereocenters. The second-order valence-corrected chi connectivity index (χ2v) is 5.70. The van der Waals surface area contributed by atoms with E-state index in [2.05, 4.69) is 0 Å². The summed E-state index contributed by atoms with van der Waals surface area (Å²) >= 11 is 0. The Morgan fingerprint density at radius 2 is 1.95 bits per heavy atom. The highest BCUT2D eigenvalue weighted by Gasteiger charge is 2.34. The van der Waals surface area contributed by atoms with Gasteiger partial charge in [-0.05, 0) is 26.9 Å². The monoisotopic (exact) mass is 309 g/mol. The van der Waals surface area contributed by atoms with Crippen molar-refractivity contribution < 1.29 is 24.5 Å². The molecular formula is C16H23NO5. The van der Waals surface area contributed by atoms with Crippen LogP contribution < -0.4 is 9.47 Å². The molecular weight excluding hydrogens is 286 g/mol. The molecule has 0 radical (unpaired) electrons. The number of carbonyl (C=O) groups excluding carboxylic acids is 1. The summed E-state index contributed by atoms with van der Waals surface area (Å²) in [6.07, 6.45) is 0.0392. The highest BCUT2D eigenvalue weighted by Crippen LogP contribution is 2.45. The summed E-state index contributed by atoms with van der Waals surface area (Å²) in [5.41, 5.74) is 0.610. The fourth-order valence-electron chi connectivity index (χ4n) is 3.09. The molecule has 1 aromatic rings. The summed E-state index contributed by atoms with van der Waals surface area (Å²) in [6.45, 7) is 2.68. The third kappa shape index (κ3) is 2.89. The number of carbonyl (C=O) groups is 1. The number of aliphatic hydroxyl groups excluding tert-OH is 1. The van der Waals surface area contributed by atoms with Gasteiger partial charge in [0.15, 0.2) is 5.78 Å². The zero-order valence-corrected chi connectivity index (χ0v) is 13.4. The Morgan fingerprint density at radius 3 is 2.45 bits per heavy atom. The minimum Gasteiger partial charge on any atom is -0.507 e. The molecule has 1 saturated heterocycles. The van der Waals surface area contributed by atoms with Crippen molar-refractivity contribution in [1.82, 2.24) is 4.90 Å². The van der Waals surface area contributed by atoms with Crippen molar-refractivity contribution >= 4 is 5.78 Å². The maximum atomic E-state index is 11.9. The third-order valence-corrected chi connectivity index (χ3v) is 4.21. The largest absolute Gasteiger partial charge is 0.507 e. The Kier molecular flexibility index (Phi) is 4.93. The van der Waals surface area contributed by atoms with Crippen LogP contribution in [0.2, 0.25) is 0 Å². The van der Waals surface area contributed by atoms with Crippen molar-refractivity contribution in [2.24, 2.45) is 0 Å². The van der Waals surface area contributed by atoms with Crippen LogP contribution in [0, 0.1) is 0 Å². The number of aromatic hydroxyl groups is 1. The molecule has 6 nitrogen and oxygen atoms in total. The molecule has 1 fully saturated rings. The number of ether oxygens (including phenoxy) is 2. The Bertz CT molecular complexity index is 572. The lowest BCUT2D eigenvalue weighted by Gasteiger charge is -2.35. The second kappa shape index (κ2) is 6.54. The smallest absolute Gasteiger partial charge is 0.167 e. The predicted octanol–water partition coefficient (Wildman–Crippen LogP) is 1.39. The van der Waals surface area contributed by atoms with Gasteiger partial charge in [-0.15, -0.1) is 0 Å². The van der Waals surface area contributed by atoms with E-state index >= 15 is 0 Å². The van der Waals surface area contributed by atoms with Crippen LogP contribution in [0.5, 0.6) is 17.2 Å². The van der Waals surface area contributed by atoms with Crippen molar-refractivity contribution in [3.63, 3.8) is 0 Å². The van der Waals surface area contributed by atoms with E-state index in [0.717, 1.165) is 6.54 Å². The second-order valence-electron chi connectivity index (χ2n) is 5.70. The number of phenols is 1. The zero-order chi connectivity index (χ0) is 16.4. The van der Waals surface area contributed by atoms with Crippen molar-refractivity contribution in [2.45, 2.75) is 25.4 Å². The summed E-state index contributed by atoms with van der Waals surface area (Å²) < 4.78 is 10.5. The number of benzene rings is 1. The molecule has 0 aromatic heterocycles. The molecule has 0 amide bonds. The molecule has 1 aromatic carbocycles. The van der Waals surface area contributed by atoms with Crippen molar-refractivity contribution in [1.29, 1.82) is 0 Å². The normalized spacial score (nSPS) is 22.4. The lowest BCUT2D eigenvalue weighted by atomic mass is 9.84. The van der Waals surface area contributed by atoms with E-state index in [9.17, 15) is 15.0 Å². The van der Waals surface area contributed by atoms with E-state index in [-0.39, 0.29) is 28.8 Å². The fraction of sp³-hybridized carbons (Fsp3) is 0.562. The number of methoxy groups -OCH3 is 2. The van der Waals surface area contributed by atoms with Crippen LogP contribution in [0.4, 0.5) is 0 Å². The molecule has 0 aliphatic carbocycles. The van der Waals surface area contributed by atoms with Gasteiger partial charge >= 0.3 is 0 Å². The highest BCUT2D eigenvalue weighted by atomic mass is 16.5. The van der Waals surface area contributed by atoms with Gasteiger partial charge in [0.25, 0.3) is 0 Å². The number of Topliss-reactive ketones (excluding diaryl/α,β-unsaturated/α-hetero) is 1. The quantitative estimate of drug-likeness (QED) is 0.818. The first kappa shape index (κ1) is 16.6. The molecule has 0 saturated carbocycles. The minimum atomic E-state index is -0.633. The van der Waals surface area contributed by atoms with E-state index < -0.39 is 6.10 Å². The van der Waals surface area contributed by atoms with E-state index in [1.807, 2.05) is 11.9 Å². The number of hydrogen-bond acceptors (Lipinski definition) is 6. The molecule has 0 spiro atoms. The number of ketones is 1. The number of likely N-dealkylation sites (tertiary alicyclic amines) is 1. The van der Waals surface area contributed by atoms with Crippen LogP contribution in [0.25, 0.3) is 0 Å². The average molecular weight is 309 g/mol. The number of hydrogen-bond donors (Lipinski definition) is 2. The van der Waals surface area contributed by atoms with Gasteiger partial charge < -0.3 is 24.6 Å². The molecule has 122 valence electrons. The molecule has 1 aliphatic rings. The maximum Gasteiger partial charge on any atom is 0.167 e. The zero-order valence-electron chi connectivity index (χ0n) is 13.4. The fourth-order valence-corrected chi connectivity index (χ4v) is 3.09. The molecule has 6 heteroatoms. The first-order chi connectivity index (χ1) is 10.4. The van der Waals surface area contributed by atoms with Gasteiger partial charge in [-0.1, -0.05) is 0 Å². The Morgan fingerprint density at radius 1 is 1.32 bits per heavy atom. The van der Waals surface area contributed by atoms with Crippen LogP contribution in [-0.4, -0.2) is 61.4 Å². The number of β-amino-alcohol motifs (C(OH)–C–C–N with tert-alkyl or cyclic N) is 1. The number of likely N-dealkylation sites (N-methyl/N-ethyl adjacent to an activating group) is 1. The number of rotatable bonds is 4. The molecule has 0 unspecified atom stereocenters. The number of aliphatic hydroxyl groups is 1. The molecule has 22 heavy (non-hydrogen) atoms. The number of phenolic OH excluding ortho intramolecular Hbond substituents is 1. The van der Waals surface area contributed by atoms with E-state index in [1.54, 1.807) is 6.07 Å². The molecule has 1 heterocycles. The summed E-state index contributed by atoms with van der Waals surface area (Å²) in [5, 5.41) is 21.0. The van der Waals surface area contributed by atoms with E-state index in [4.69, 9.17) is 9.47 Å². The van der Waals surface area contributed by atoms with Gasteiger partial charge in [-0.3, -0.25) is 4.79 Å². The SMILES string of the molecule is COc1cc(OC)c([C@H]2CCN(C)C[C@@H]2O)c(O)c1C(C)=O. The van der Waals surface area contributed by atoms with E-state index in [1.165, 1.54) is 21.1 Å². The molecule has 0 bridgehead atoms.